The number of methoxy groups -OCH3 is 1. The van der Waals surface area contributed by atoms with Crippen molar-refractivity contribution in [3.05, 3.63) is 78.1 Å². The minimum absolute atomic E-state index is 0.0288. The highest BCUT2D eigenvalue weighted by molar-refractivity contribution is 7.89. The highest BCUT2D eigenvalue weighted by atomic mass is 32.2. The summed E-state index contributed by atoms with van der Waals surface area (Å²) in [6.45, 7) is 2.57. The van der Waals surface area contributed by atoms with Crippen LogP contribution in [0.4, 0.5) is 5.13 Å². The lowest BCUT2D eigenvalue weighted by Crippen LogP contribution is -2.41. The molecule has 1 amide bonds. The van der Waals surface area contributed by atoms with Gasteiger partial charge in [-0.1, -0.05) is 49.7 Å². The Morgan fingerprint density at radius 1 is 1.05 bits per heavy atom. The molecule has 2 aromatic carbocycles. The number of ether oxygens (including phenoxy) is 1. The monoisotopic (exact) mass is 564 g/mol. The van der Waals surface area contributed by atoms with Crippen LogP contribution in [-0.2, 0) is 16.6 Å². The van der Waals surface area contributed by atoms with Gasteiger partial charge in [0.05, 0.1) is 23.2 Å². The molecule has 0 aliphatic heterocycles. The third-order valence-electron chi connectivity index (χ3n) is 7.13. The van der Waals surface area contributed by atoms with Gasteiger partial charge in [-0.05, 0) is 60.9 Å². The van der Waals surface area contributed by atoms with E-state index in [0.717, 1.165) is 42.4 Å². The maximum atomic E-state index is 13.9. The van der Waals surface area contributed by atoms with E-state index in [1.165, 1.54) is 23.5 Å². The molecule has 0 atom stereocenters. The molecule has 0 N–H and O–H groups in total. The number of amides is 1. The fourth-order valence-electron chi connectivity index (χ4n) is 5.15. The van der Waals surface area contributed by atoms with E-state index in [1.54, 1.807) is 40.8 Å². The predicted octanol–water partition coefficient (Wildman–Crippen LogP) is 5.89. The van der Waals surface area contributed by atoms with Crippen LogP contribution >= 0.6 is 11.3 Å². The number of sulfonamides is 1. The minimum Gasteiger partial charge on any atom is -0.494 e. The number of benzene rings is 2. The highest BCUT2D eigenvalue weighted by Crippen LogP contribution is 2.35. The Kier molecular flexibility index (Phi) is 8.25. The van der Waals surface area contributed by atoms with Crippen molar-refractivity contribution in [2.24, 2.45) is 0 Å². The van der Waals surface area contributed by atoms with E-state index in [0.29, 0.717) is 28.5 Å². The van der Waals surface area contributed by atoms with Gasteiger partial charge in [0.2, 0.25) is 10.0 Å². The van der Waals surface area contributed by atoms with Gasteiger partial charge in [-0.2, -0.15) is 4.31 Å². The number of fused-ring (bicyclic) bond motifs is 1. The average molecular weight is 565 g/mol. The van der Waals surface area contributed by atoms with Gasteiger partial charge >= 0.3 is 0 Å². The van der Waals surface area contributed by atoms with E-state index in [1.807, 2.05) is 37.3 Å². The number of pyridine rings is 1. The van der Waals surface area contributed by atoms with E-state index in [9.17, 15) is 13.2 Å². The Morgan fingerprint density at radius 3 is 2.49 bits per heavy atom. The van der Waals surface area contributed by atoms with Crippen molar-refractivity contribution in [1.82, 2.24) is 14.3 Å². The highest BCUT2D eigenvalue weighted by Gasteiger charge is 2.31. The van der Waals surface area contributed by atoms with Crippen molar-refractivity contribution in [3.63, 3.8) is 0 Å². The summed E-state index contributed by atoms with van der Waals surface area (Å²) in [5.74, 6) is 0.359. The van der Waals surface area contributed by atoms with E-state index in [4.69, 9.17) is 9.72 Å². The summed E-state index contributed by atoms with van der Waals surface area (Å²) in [5.41, 5.74) is 1.92. The molecule has 8 nitrogen and oxygen atoms in total. The van der Waals surface area contributed by atoms with Crippen LogP contribution < -0.4 is 9.64 Å². The quantitative estimate of drug-likeness (QED) is 0.252. The number of para-hydroxylation sites is 1. The molecule has 0 saturated heterocycles. The molecule has 2 heterocycles. The van der Waals surface area contributed by atoms with Crippen molar-refractivity contribution in [2.75, 3.05) is 18.6 Å². The first-order valence-corrected chi connectivity index (χ1v) is 15.4. The summed E-state index contributed by atoms with van der Waals surface area (Å²) in [4.78, 5) is 24.6. The zero-order chi connectivity index (χ0) is 27.4. The Bertz CT molecular complexity index is 1530. The van der Waals surface area contributed by atoms with Crippen LogP contribution in [0.2, 0.25) is 0 Å². The average Bonchev–Trinajstić information content (AvgIpc) is 3.41. The lowest BCUT2D eigenvalue weighted by atomic mass is 9.95. The molecule has 0 bridgehead atoms. The minimum atomic E-state index is -3.66. The zero-order valence-electron chi connectivity index (χ0n) is 22.1. The van der Waals surface area contributed by atoms with Crippen molar-refractivity contribution in [3.8, 4) is 5.75 Å². The third kappa shape index (κ3) is 5.68. The largest absolute Gasteiger partial charge is 0.494 e. The Hall–Kier alpha value is -3.34. The van der Waals surface area contributed by atoms with Crippen LogP contribution in [0.25, 0.3) is 10.2 Å². The summed E-state index contributed by atoms with van der Waals surface area (Å²) < 4.78 is 35.0. The summed E-state index contributed by atoms with van der Waals surface area (Å²) in [6, 6.07) is 15.7. The van der Waals surface area contributed by atoms with Crippen LogP contribution in [0.15, 0.2) is 71.9 Å². The number of rotatable bonds is 9. The number of hydrogen-bond acceptors (Lipinski definition) is 7. The van der Waals surface area contributed by atoms with Crippen molar-refractivity contribution >= 4 is 42.6 Å². The van der Waals surface area contributed by atoms with Crippen molar-refractivity contribution < 1.29 is 17.9 Å². The number of carbonyl (C=O) groups excluding carboxylic acids is 1. The normalized spacial score (nSPS) is 14.5. The van der Waals surface area contributed by atoms with E-state index in [2.05, 4.69) is 4.98 Å². The second kappa shape index (κ2) is 11.8. The number of hydrogen-bond donors (Lipinski definition) is 0. The fourth-order valence-corrected chi connectivity index (χ4v) is 7.82. The van der Waals surface area contributed by atoms with Gasteiger partial charge in [0.15, 0.2) is 5.13 Å². The smallest absolute Gasteiger partial charge is 0.260 e. The SMILES string of the molecule is CCN(C1CCCCC1)S(=O)(=O)c1ccc(C(=O)N(Cc2cccnc2)c2nc3c(OC)cccc3s2)cc1. The van der Waals surface area contributed by atoms with Gasteiger partial charge in [-0.3, -0.25) is 14.7 Å². The zero-order valence-corrected chi connectivity index (χ0v) is 23.7. The second-order valence-electron chi connectivity index (χ2n) is 9.58. The van der Waals surface area contributed by atoms with E-state index < -0.39 is 10.0 Å². The second-order valence-corrected chi connectivity index (χ2v) is 12.5. The van der Waals surface area contributed by atoms with Crippen molar-refractivity contribution in [2.45, 2.75) is 56.5 Å². The molecule has 1 aliphatic carbocycles. The molecule has 39 heavy (non-hydrogen) atoms. The topological polar surface area (TPSA) is 92.7 Å². The summed E-state index contributed by atoms with van der Waals surface area (Å²) in [5, 5.41) is 0.523. The van der Waals surface area contributed by atoms with Gasteiger partial charge in [-0.25, -0.2) is 13.4 Å². The lowest BCUT2D eigenvalue weighted by Gasteiger charge is -2.32. The first-order chi connectivity index (χ1) is 18.9. The number of thiazole rings is 1. The Balaban J connectivity index is 1.46. The van der Waals surface area contributed by atoms with Gasteiger partial charge in [0, 0.05) is 30.5 Å². The maximum Gasteiger partial charge on any atom is 0.260 e. The predicted molar refractivity (Wildman–Crippen MR) is 154 cm³/mol. The summed E-state index contributed by atoms with van der Waals surface area (Å²) in [6.07, 6.45) is 8.43. The molecular weight excluding hydrogens is 532 g/mol. The van der Waals surface area contributed by atoms with Gasteiger partial charge < -0.3 is 4.74 Å². The van der Waals surface area contributed by atoms with Gasteiger partial charge in [0.25, 0.3) is 5.91 Å². The molecule has 204 valence electrons. The van der Waals surface area contributed by atoms with Gasteiger partial charge in [0.1, 0.15) is 11.3 Å². The fraction of sp³-hybridized carbons (Fsp3) is 0.345. The third-order valence-corrected chi connectivity index (χ3v) is 10.2. The van der Waals surface area contributed by atoms with Crippen LogP contribution in [0.1, 0.15) is 54.9 Å². The molecule has 1 saturated carbocycles. The Morgan fingerprint density at radius 2 is 1.82 bits per heavy atom. The maximum absolute atomic E-state index is 13.9. The number of aromatic nitrogens is 2. The molecule has 5 rings (SSSR count). The number of anilines is 1. The number of nitrogens with zero attached hydrogens (tertiary/aromatic N) is 4. The first-order valence-electron chi connectivity index (χ1n) is 13.2. The molecule has 0 radical (unpaired) electrons. The van der Waals surface area contributed by atoms with Crippen LogP contribution in [0.5, 0.6) is 5.75 Å². The summed E-state index contributed by atoms with van der Waals surface area (Å²) >= 11 is 1.40. The molecule has 0 unspecified atom stereocenters. The standard InChI is InChI=1S/C29H32N4O4S2/c1-3-33(23-10-5-4-6-11-23)39(35,36)24-16-14-22(15-17-24)28(34)32(20-21-9-8-18-30-19-21)29-31-27-25(37-2)12-7-13-26(27)38-29/h7-9,12-19,23H,3-6,10-11,20H2,1-2H3. The molecule has 4 aromatic rings. The Labute approximate surface area is 233 Å². The van der Waals surface area contributed by atoms with Crippen molar-refractivity contribution in [1.29, 1.82) is 0 Å². The molecule has 1 fully saturated rings. The lowest BCUT2D eigenvalue weighted by molar-refractivity contribution is 0.0985. The van der Waals surface area contributed by atoms with Crippen LogP contribution in [0.3, 0.4) is 0 Å². The summed E-state index contributed by atoms with van der Waals surface area (Å²) in [7, 11) is -2.07. The molecule has 0 spiro atoms. The van der Waals surface area contributed by atoms with Crippen LogP contribution in [-0.4, -0.2) is 48.3 Å². The molecule has 10 heteroatoms. The number of carbonyl (C=O) groups is 1. The first kappa shape index (κ1) is 27.2. The molecule has 1 aliphatic rings. The molecular formula is C29H32N4O4S2. The molecule has 2 aromatic heterocycles. The van der Waals surface area contributed by atoms with E-state index >= 15 is 0 Å². The van der Waals surface area contributed by atoms with Gasteiger partial charge in [-0.15, -0.1) is 0 Å². The van der Waals surface area contributed by atoms with E-state index in [-0.39, 0.29) is 23.4 Å². The van der Waals surface area contributed by atoms with Crippen LogP contribution in [0, 0.1) is 0 Å².